The van der Waals surface area contributed by atoms with Crippen LogP contribution in [0.1, 0.15) is 23.6 Å². The minimum Gasteiger partial charge on any atom is -0.478 e. The summed E-state index contributed by atoms with van der Waals surface area (Å²) in [7, 11) is 0. The van der Waals surface area contributed by atoms with Gasteiger partial charge in [0.25, 0.3) is 0 Å². The van der Waals surface area contributed by atoms with Gasteiger partial charge in [0, 0.05) is 16.1 Å². The van der Waals surface area contributed by atoms with E-state index in [1.54, 1.807) is 18.2 Å². The molecule has 0 amide bonds. The van der Waals surface area contributed by atoms with E-state index in [2.05, 4.69) is 6.92 Å². The molecule has 108 valence electrons. The van der Waals surface area contributed by atoms with Crippen LogP contribution < -0.4 is 0 Å². The van der Waals surface area contributed by atoms with Crippen molar-refractivity contribution in [1.82, 2.24) is 0 Å². The molecule has 2 aromatic carbocycles. The lowest BCUT2D eigenvalue weighted by Gasteiger charge is -2.10. The van der Waals surface area contributed by atoms with E-state index < -0.39 is 5.97 Å². The van der Waals surface area contributed by atoms with Crippen LogP contribution in [0.5, 0.6) is 0 Å². The number of aliphatic carboxylic acids is 1. The summed E-state index contributed by atoms with van der Waals surface area (Å²) in [6.45, 7) is 2.07. The predicted molar refractivity (Wildman–Crippen MR) is 87.0 cm³/mol. The summed E-state index contributed by atoms with van der Waals surface area (Å²) < 4.78 is 0. The molecule has 0 radical (unpaired) electrons. The molecule has 0 heterocycles. The van der Waals surface area contributed by atoms with Crippen LogP contribution in [0.25, 0.3) is 5.57 Å². The smallest absolute Gasteiger partial charge is 0.328 e. The Morgan fingerprint density at radius 1 is 1.05 bits per heavy atom. The van der Waals surface area contributed by atoms with Crippen LogP contribution in [0.3, 0.4) is 0 Å². The molecule has 0 spiro atoms. The van der Waals surface area contributed by atoms with Crippen molar-refractivity contribution < 1.29 is 9.90 Å². The van der Waals surface area contributed by atoms with Crippen LogP contribution >= 0.6 is 23.2 Å². The second-order valence-electron chi connectivity index (χ2n) is 4.60. The van der Waals surface area contributed by atoms with Gasteiger partial charge in [-0.1, -0.05) is 54.4 Å². The number of hydrogen-bond acceptors (Lipinski definition) is 1. The monoisotopic (exact) mass is 320 g/mol. The molecule has 4 heteroatoms. The Bertz CT molecular complexity index is 668. The van der Waals surface area contributed by atoms with E-state index in [0.717, 1.165) is 12.0 Å². The van der Waals surface area contributed by atoms with Crippen molar-refractivity contribution in [3.8, 4) is 0 Å². The van der Waals surface area contributed by atoms with Gasteiger partial charge in [0.1, 0.15) is 0 Å². The highest BCUT2D eigenvalue weighted by molar-refractivity contribution is 6.35. The van der Waals surface area contributed by atoms with Gasteiger partial charge in [-0.3, -0.25) is 0 Å². The average Bonchev–Trinajstić information content (AvgIpc) is 2.43. The van der Waals surface area contributed by atoms with Gasteiger partial charge in [-0.2, -0.15) is 0 Å². The first-order valence-electron chi connectivity index (χ1n) is 6.50. The van der Waals surface area contributed by atoms with E-state index in [1.165, 1.54) is 11.6 Å². The zero-order valence-corrected chi connectivity index (χ0v) is 12.9. The summed E-state index contributed by atoms with van der Waals surface area (Å²) >= 11 is 12.0. The van der Waals surface area contributed by atoms with Crippen LogP contribution in [0, 0.1) is 0 Å². The van der Waals surface area contributed by atoms with Crippen LogP contribution in [0.2, 0.25) is 10.0 Å². The van der Waals surface area contributed by atoms with Crippen LogP contribution in [-0.2, 0) is 11.2 Å². The third-order valence-electron chi connectivity index (χ3n) is 3.11. The van der Waals surface area contributed by atoms with E-state index >= 15 is 0 Å². The van der Waals surface area contributed by atoms with Crippen molar-refractivity contribution in [3.63, 3.8) is 0 Å². The zero-order chi connectivity index (χ0) is 15.4. The molecular weight excluding hydrogens is 307 g/mol. The lowest BCUT2D eigenvalue weighted by molar-refractivity contribution is -0.131. The second kappa shape index (κ2) is 6.79. The number of carbonyl (C=O) groups is 1. The maximum atomic E-state index is 11.1. The SMILES string of the molecule is CCc1ccc(/C(=C/C(=O)O)c2cc(Cl)cc(Cl)c2)cc1. The summed E-state index contributed by atoms with van der Waals surface area (Å²) in [5.74, 6) is -1.01. The Morgan fingerprint density at radius 3 is 2.10 bits per heavy atom. The van der Waals surface area contributed by atoms with Crippen LogP contribution in [0.4, 0.5) is 0 Å². The first kappa shape index (κ1) is 15.6. The molecule has 0 aliphatic heterocycles. The molecule has 0 bridgehead atoms. The molecule has 0 unspecified atom stereocenters. The third-order valence-corrected chi connectivity index (χ3v) is 3.55. The van der Waals surface area contributed by atoms with Crippen molar-refractivity contribution in [1.29, 1.82) is 0 Å². The fourth-order valence-electron chi connectivity index (χ4n) is 2.09. The zero-order valence-electron chi connectivity index (χ0n) is 11.4. The molecule has 0 aliphatic carbocycles. The van der Waals surface area contributed by atoms with Crippen molar-refractivity contribution >= 4 is 34.7 Å². The molecule has 0 fully saturated rings. The normalized spacial score (nSPS) is 11.5. The second-order valence-corrected chi connectivity index (χ2v) is 5.48. The Morgan fingerprint density at radius 2 is 1.62 bits per heavy atom. The molecule has 2 nitrogen and oxygen atoms in total. The molecule has 0 aromatic heterocycles. The first-order chi connectivity index (χ1) is 9.99. The number of rotatable bonds is 4. The topological polar surface area (TPSA) is 37.3 Å². The standard InChI is InChI=1S/C17H14Cl2O2/c1-2-11-3-5-12(6-4-11)16(10-17(20)21)13-7-14(18)9-15(19)8-13/h3-10H,2H2,1H3,(H,20,21)/b16-10-. The molecular formula is C17H14Cl2O2. The number of benzene rings is 2. The van der Waals surface area contributed by atoms with Crippen molar-refractivity contribution in [2.24, 2.45) is 0 Å². The third kappa shape index (κ3) is 4.10. The molecule has 0 atom stereocenters. The number of carboxylic acids is 1. The molecule has 2 aromatic rings. The van der Waals surface area contributed by atoms with Gasteiger partial charge in [-0.15, -0.1) is 0 Å². The summed E-state index contributed by atoms with van der Waals surface area (Å²) in [5, 5.41) is 10.0. The van der Waals surface area contributed by atoms with E-state index in [4.69, 9.17) is 28.3 Å². The summed E-state index contributed by atoms with van der Waals surface area (Å²) in [6.07, 6.45) is 2.10. The van der Waals surface area contributed by atoms with Gasteiger partial charge in [-0.05, 0) is 46.9 Å². The Hall–Kier alpha value is -1.77. The lowest BCUT2D eigenvalue weighted by Crippen LogP contribution is -1.95. The summed E-state index contributed by atoms with van der Waals surface area (Å²) in [5.41, 5.74) is 3.26. The average molecular weight is 321 g/mol. The van der Waals surface area contributed by atoms with Gasteiger partial charge < -0.3 is 5.11 Å². The largest absolute Gasteiger partial charge is 0.478 e. The molecule has 0 aliphatic rings. The number of aryl methyl sites for hydroxylation is 1. The van der Waals surface area contributed by atoms with E-state index in [0.29, 0.717) is 21.2 Å². The van der Waals surface area contributed by atoms with Crippen LogP contribution in [0.15, 0.2) is 48.5 Å². The quantitative estimate of drug-likeness (QED) is 0.798. The van der Waals surface area contributed by atoms with E-state index in [-0.39, 0.29) is 0 Å². The van der Waals surface area contributed by atoms with E-state index in [9.17, 15) is 4.79 Å². The summed E-state index contributed by atoms with van der Waals surface area (Å²) in [4.78, 5) is 11.1. The van der Waals surface area contributed by atoms with Gasteiger partial charge >= 0.3 is 5.97 Å². The highest BCUT2D eigenvalue weighted by Gasteiger charge is 2.09. The Labute approximate surface area is 133 Å². The minimum atomic E-state index is -1.01. The predicted octanol–water partition coefficient (Wildman–Crippen LogP) is 5.07. The molecule has 2 rings (SSSR count). The summed E-state index contributed by atoms with van der Waals surface area (Å²) in [6, 6.07) is 12.8. The molecule has 0 saturated heterocycles. The maximum Gasteiger partial charge on any atom is 0.328 e. The van der Waals surface area contributed by atoms with Gasteiger partial charge in [0.2, 0.25) is 0 Å². The lowest BCUT2D eigenvalue weighted by atomic mass is 9.96. The highest BCUT2D eigenvalue weighted by Crippen LogP contribution is 2.29. The fourth-order valence-corrected chi connectivity index (χ4v) is 2.61. The Kier molecular flexibility index (Phi) is 5.05. The van der Waals surface area contributed by atoms with E-state index in [1.807, 2.05) is 24.3 Å². The maximum absolute atomic E-state index is 11.1. The first-order valence-corrected chi connectivity index (χ1v) is 7.25. The molecule has 21 heavy (non-hydrogen) atoms. The molecule has 1 N–H and O–H groups in total. The molecule has 0 saturated carbocycles. The minimum absolute atomic E-state index is 0.471. The van der Waals surface area contributed by atoms with Gasteiger partial charge in [0.05, 0.1) is 0 Å². The number of carboxylic acid groups (broad SMARTS) is 1. The van der Waals surface area contributed by atoms with Crippen molar-refractivity contribution in [2.75, 3.05) is 0 Å². The van der Waals surface area contributed by atoms with Crippen molar-refractivity contribution in [2.45, 2.75) is 13.3 Å². The number of halogens is 2. The van der Waals surface area contributed by atoms with Gasteiger partial charge in [0.15, 0.2) is 0 Å². The fraction of sp³-hybridized carbons (Fsp3) is 0.118. The highest BCUT2D eigenvalue weighted by atomic mass is 35.5. The van der Waals surface area contributed by atoms with Crippen molar-refractivity contribution in [3.05, 3.63) is 75.3 Å². The van der Waals surface area contributed by atoms with Gasteiger partial charge in [-0.25, -0.2) is 4.79 Å². The number of hydrogen-bond donors (Lipinski definition) is 1. The van der Waals surface area contributed by atoms with Crippen LogP contribution in [-0.4, -0.2) is 11.1 Å². The Balaban J connectivity index is 2.55.